The lowest BCUT2D eigenvalue weighted by Crippen LogP contribution is -2.67. The third-order valence-electron chi connectivity index (χ3n) is 17.3. The van der Waals surface area contributed by atoms with Gasteiger partial charge < -0.3 is 79.2 Å². The fourth-order valence-corrected chi connectivity index (χ4v) is 11.3. The number of primary amides is 1. The number of aliphatic carboxylic acids is 1. The van der Waals surface area contributed by atoms with Crippen LogP contribution in [0, 0.1) is 31.0 Å². The minimum Gasteiger partial charge on any atom is -0.494 e. The number of unbranched alkanes of at least 4 members (excludes halogenated alkanes) is 1. The highest BCUT2D eigenvalue weighted by molar-refractivity contribution is 6.06. The van der Waals surface area contributed by atoms with Crippen LogP contribution < -0.4 is 64.2 Å². The predicted octanol–water partition coefficient (Wildman–Crippen LogP) is -0.926. The maximum absolute atomic E-state index is 15.4. The first kappa shape index (κ1) is 85.0. The van der Waals surface area contributed by atoms with Crippen LogP contribution in [0.4, 0.5) is 4.39 Å². The van der Waals surface area contributed by atoms with Crippen LogP contribution in [0.25, 0.3) is 11.1 Å². The molecule has 10 atom stereocenters. The number of Topliss-reactive ketones (excluding diaryl/α,β-unsaturated/α-hetero) is 1. The highest BCUT2D eigenvalue weighted by atomic mass is 19.1. The van der Waals surface area contributed by atoms with Crippen molar-refractivity contribution in [3.8, 4) is 16.9 Å². The van der Waals surface area contributed by atoms with Crippen molar-refractivity contribution < 1.29 is 92.3 Å². The zero-order valence-corrected chi connectivity index (χ0v) is 59.8. The van der Waals surface area contributed by atoms with Crippen LogP contribution in [0.15, 0.2) is 84.9 Å². The van der Waals surface area contributed by atoms with E-state index in [1.54, 1.807) is 24.3 Å². The molecular formula is C71H96FN15O18. The van der Waals surface area contributed by atoms with Gasteiger partial charge in [-0.2, -0.15) is 5.21 Å². The molecule has 0 fully saturated rings. The first-order valence-corrected chi connectivity index (χ1v) is 34.1. The SMILES string of the molecule is CCc1cc(OCCCCN)ccc1-c1ccc(C[C@H](NC(=O)[C@H](CC(=O)O)NC(=O)[C@H](CO)NC(=O)[C@@H](NC(=O)[C@](C)(Cc2ccccc2F)NC(=O)[C@@H](NC(=O)CNC(=O)[C@@H](CC(=O)C(C)(C)C(=O)NO)Cc2nn[nH]n2)[C@@H](C)O)[C@@H](C)O)C(=O)N[C@@H](CCCc2cc(C)cc(C)c2)C(N)=O)cc1. The predicted molar refractivity (Wildman–Crippen MR) is 375 cm³/mol. The fraction of sp³-hybridized carbons (Fsp3) is 0.479. The summed E-state index contributed by atoms with van der Waals surface area (Å²) < 4.78 is 21.4. The number of carboxylic acid groups (broad SMARTS) is 1. The summed E-state index contributed by atoms with van der Waals surface area (Å²) >= 11 is 0. The van der Waals surface area contributed by atoms with Crippen LogP contribution in [-0.2, 0) is 89.6 Å². The highest BCUT2D eigenvalue weighted by Gasteiger charge is 2.43. The number of aromatic nitrogens is 4. The molecule has 34 heteroatoms. The summed E-state index contributed by atoms with van der Waals surface area (Å²) in [5, 5.41) is 83.4. The molecule has 0 spiro atoms. The molecule has 4 aromatic carbocycles. The number of carbonyl (C=O) groups excluding carboxylic acids is 11. The van der Waals surface area contributed by atoms with Gasteiger partial charge in [0.1, 0.15) is 64.6 Å². The van der Waals surface area contributed by atoms with Crippen molar-refractivity contribution in [3.63, 3.8) is 0 Å². The number of hydroxylamine groups is 1. The molecule has 5 aromatic rings. The molecular weight excluding hydrogens is 1370 g/mol. The van der Waals surface area contributed by atoms with E-state index in [4.69, 9.17) is 16.2 Å². The average molecular weight is 1470 g/mol. The van der Waals surface area contributed by atoms with Crippen molar-refractivity contribution in [3.05, 3.63) is 130 Å². The minimum absolute atomic E-state index is 0.0418. The number of H-pyrrole nitrogens is 1. The third kappa shape index (κ3) is 25.9. The van der Waals surface area contributed by atoms with Crippen molar-refractivity contribution in [2.45, 2.75) is 180 Å². The smallest absolute Gasteiger partial charge is 0.305 e. The lowest BCUT2D eigenvalue weighted by Gasteiger charge is -2.34. The number of ether oxygens (including phenoxy) is 1. The molecule has 10 amide bonds. The van der Waals surface area contributed by atoms with Gasteiger partial charge in [0.2, 0.25) is 53.2 Å². The van der Waals surface area contributed by atoms with E-state index in [0.717, 1.165) is 73.1 Å². The van der Waals surface area contributed by atoms with Crippen LogP contribution in [0.2, 0.25) is 0 Å². The summed E-state index contributed by atoms with van der Waals surface area (Å²) in [6.45, 7) is 10.2. The van der Waals surface area contributed by atoms with Crippen LogP contribution in [-0.4, -0.2) is 197 Å². The second kappa shape index (κ2) is 40.4. The molecule has 0 saturated carbocycles. The molecule has 105 heavy (non-hydrogen) atoms. The molecule has 0 saturated heterocycles. The molecule has 1 aromatic heterocycles. The fourth-order valence-electron chi connectivity index (χ4n) is 11.3. The van der Waals surface area contributed by atoms with Gasteiger partial charge in [0, 0.05) is 25.7 Å². The third-order valence-corrected chi connectivity index (χ3v) is 17.3. The van der Waals surface area contributed by atoms with Crippen LogP contribution in [0.3, 0.4) is 0 Å². The first-order chi connectivity index (χ1) is 49.6. The number of aromatic amines is 1. The zero-order chi connectivity index (χ0) is 77.9. The number of rotatable bonds is 43. The molecule has 0 radical (unpaired) electrons. The van der Waals surface area contributed by atoms with Crippen LogP contribution in [0.1, 0.15) is 119 Å². The van der Waals surface area contributed by atoms with Gasteiger partial charge in [-0.15, -0.1) is 10.2 Å². The number of carbonyl (C=O) groups is 12. The van der Waals surface area contributed by atoms with Gasteiger partial charge in [-0.05, 0) is 145 Å². The number of tetrazole rings is 1. The molecule has 0 bridgehead atoms. The van der Waals surface area contributed by atoms with Crippen LogP contribution in [0.5, 0.6) is 5.75 Å². The number of nitrogens with two attached hydrogens (primary N) is 2. The van der Waals surface area contributed by atoms with Crippen LogP contribution >= 0.6 is 0 Å². The maximum Gasteiger partial charge on any atom is 0.305 e. The number of ketones is 1. The van der Waals surface area contributed by atoms with E-state index < -0.39 is 174 Å². The number of halogens is 1. The summed E-state index contributed by atoms with van der Waals surface area (Å²) in [5.74, 6) is -15.7. The van der Waals surface area contributed by atoms with Gasteiger partial charge >= 0.3 is 5.97 Å². The second-order valence-electron chi connectivity index (χ2n) is 26.4. The molecule has 0 aliphatic carbocycles. The summed E-state index contributed by atoms with van der Waals surface area (Å²) in [6, 6.07) is 12.6. The van der Waals surface area contributed by atoms with Crippen molar-refractivity contribution in [2.24, 2.45) is 22.8 Å². The van der Waals surface area contributed by atoms with Crippen molar-refractivity contribution in [2.75, 3.05) is 26.3 Å². The minimum atomic E-state index is -2.40. The van der Waals surface area contributed by atoms with E-state index in [0.29, 0.717) is 43.7 Å². The second-order valence-corrected chi connectivity index (χ2v) is 26.4. The van der Waals surface area contributed by atoms with E-state index in [2.05, 4.69) is 63.2 Å². The van der Waals surface area contributed by atoms with E-state index in [9.17, 15) is 83.2 Å². The Morgan fingerprint density at radius 2 is 1.29 bits per heavy atom. The summed E-state index contributed by atoms with van der Waals surface area (Å²) in [7, 11) is 0. The number of hydrogen-bond acceptors (Lipinski definition) is 21. The molecule has 0 unspecified atom stereocenters. The Balaban J connectivity index is 1.36. The number of nitrogens with one attached hydrogen (secondary N) is 10. The zero-order valence-electron chi connectivity index (χ0n) is 59.8. The molecule has 5 rings (SSSR count). The Morgan fingerprint density at radius 3 is 1.88 bits per heavy atom. The largest absolute Gasteiger partial charge is 0.494 e. The monoisotopic (exact) mass is 1470 g/mol. The molecule has 33 nitrogen and oxygen atoms in total. The Morgan fingerprint density at radius 1 is 0.667 bits per heavy atom. The molecule has 0 aliphatic rings. The molecule has 0 aliphatic heterocycles. The van der Waals surface area contributed by atoms with E-state index in [1.165, 1.54) is 37.5 Å². The topological polar surface area (TPSA) is 530 Å². The van der Waals surface area contributed by atoms with Gasteiger partial charge in [0.15, 0.2) is 5.82 Å². The maximum atomic E-state index is 15.4. The number of amides is 10. The van der Waals surface area contributed by atoms with Crippen molar-refractivity contribution >= 4 is 70.8 Å². The lowest BCUT2D eigenvalue weighted by molar-refractivity contribution is -0.147. The van der Waals surface area contributed by atoms with E-state index in [1.807, 2.05) is 57.2 Å². The van der Waals surface area contributed by atoms with Crippen molar-refractivity contribution in [1.29, 1.82) is 0 Å². The number of carboxylic acids is 1. The van der Waals surface area contributed by atoms with Gasteiger partial charge in [0.05, 0.1) is 44.3 Å². The van der Waals surface area contributed by atoms with E-state index in [-0.39, 0.29) is 30.7 Å². The van der Waals surface area contributed by atoms with E-state index >= 15 is 4.39 Å². The molecule has 19 N–H and O–H groups in total. The number of aliphatic hydroxyl groups excluding tert-OH is 3. The number of hydrogen-bond donors (Lipinski definition) is 17. The number of benzene rings is 4. The van der Waals surface area contributed by atoms with Gasteiger partial charge in [-0.25, -0.2) is 9.87 Å². The van der Waals surface area contributed by atoms with Gasteiger partial charge in [-0.3, -0.25) is 62.7 Å². The Hall–Kier alpha value is -10.7. The van der Waals surface area contributed by atoms with Gasteiger partial charge in [0.25, 0.3) is 5.91 Å². The van der Waals surface area contributed by atoms with Crippen molar-refractivity contribution in [1.82, 2.24) is 68.6 Å². The average Bonchev–Trinajstić information content (AvgIpc) is 1.09. The number of nitrogens with zero attached hydrogens (tertiary/aromatic N) is 3. The molecule has 1 heterocycles. The summed E-state index contributed by atoms with van der Waals surface area (Å²) in [6.07, 6.45) is -3.57. The first-order valence-electron chi connectivity index (χ1n) is 34.1. The summed E-state index contributed by atoms with van der Waals surface area (Å²) in [4.78, 5) is 164. The highest BCUT2D eigenvalue weighted by Crippen LogP contribution is 2.30. The molecule has 570 valence electrons. The summed E-state index contributed by atoms with van der Waals surface area (Å²) in [5.41, 5.74) is 14.6. The number of aliphatic hydroxyl groups is 3. The number of aryl methyl sites for hydroxylation is 4. The van der Waals surface area contributed by atoms with Gasteiger partial charge in [-0.1, -0.05) is 90.0 Å². The lowest BCUT2D eigenvalue weighted by atomic mass is 9.81. The normalized spacial score (nSPS) is 14.5. The standard InChI is InChI=1S/C71H96FN15O18/c1-9-44-31-48(105-26-13-12-25-73)23-24-49(44)45-21-19-42(20-22-45)30-52(63(97)76-51(61(74)95)18-14-15-43-28-38(2)27-39(3)29-43)77-64(98)53(34-58(93)94)78-65(99)54(37-88)79-66(100)59(40(4)89)81-69(103)71(8,35-46-16-10-11-17-50(46)72)82-67(101)60(41(5)90)80-57(92)36-75-62(96)47(33-56-83-86-87-84-56)32-55(91)70(6,7)68(102)85-104/h10-11,16-17,19-24,27-29,31,40-41,47,51-54,59-60,88-90,104H,9,12-15,18,25-26,30,32-37,73H2,1-8H3,(H2,74,95)(H,75,96)(H,76,97)(H,77,98)(H,78,99)(H,79,100)(H,80,92)(H,81,103)(H,82,101)(H,85,102)(H,93,94)(H,83,84,86,87)/t40-,41-,47+,51+,52+,53+,54+,59+,60+,71+/m1/s1. The Labute approximate surface area is 605 Å². The Bertz CT molecular complexity index is 3840. The Kier molecular flexibility index (Phi) is 32.7. The quantitative estimate of drug-likeness (QED) is 0.00970.